The van der Waals surface area contributed by atoms with Gasteiger partial charge in [0.25, 0.3) is 0 Å². The van der Waals surface area contributed by atoms with E-state index in [1.807, 2.05) is 17.5 Å². The highest BCUT2D eigenvalue weighted by atomic mass is 32.1. The van der Waals surface area contributed by atoms with Gasteiger partial charge in [-0.15, -0.1) is 11.3 Å². The number of anilines is 1. The topological polar surface area (TPSA) is 28.2 Å². The Kier molecular flexibility index (Phi) is 4.18. The second-order valence-corrected chi connectivity index (χ2v) is 5.47. The Morgan fingerprint density at radius 3 is 2.94 bits per heavy atom. The first kappa shape index (κ1) is 11.9. The molecular formula is C12H21N3S. The number of hydrogen-bond acceptors (Lipinski definition) is 4. The van der Waals surface area contributed by atoms with E-state index in [1.54, 1.807) is 0 Å². The molecule has 0 bridgehead atoms. The number of hydrogen-bond donors (Lipinski definition) is 1. The molecule has 1 aromatic rings. The molecule has 0 aliphatic heterocycles. The van der Waals surface area contributed by atoms with Crippen LogP contribution in [0.15, 0.2) is 6.20 Å². The van der Waals surface area contributed by atoms with Crippen molar-refractivity contribution in [3.05, 3.63) is 11.1 Å². The minimum Gasteiger partial charge on any atom is -0.348 e. The highest BCUT2D eigenvalue weighted by Crippen LogP contribution is 2.32. The summed E-state index contributed by atoms with van der Waals surface area (Å²) in [6.45, 7) is 8.60. The summed E-state index contributed by atoms with van der Waals surface area (Å²) in [5.41, 5.74) is 0. The molecule has 1 N–H and O–H groups in total. The second-order valence-electron chi connectivity index (χ2n) is 4.37. The molecule has 1 saturated carbocycles. The molecule has 0 amide bonds. The summed E-state index contributed by atoms with van der Waals surface area (Å²) < 4.78 is 0. The molecule has 0 radical (unpaired) electrons. The molecule has 1 heterocycles. The smallest absolute Gasteiger partial charge is 0.185 e. The fourth-order valence-electron chi connectivity index (χ4n) is 1.73. The summed E-state index contributed by atoms with van der Waals surface area (Å²) in [4.78, 5) is 8.28. The maximum atomic E-state index is 4.53. The predicted octanol–water partition coefficient (Wildman–Crippen LogP) is 2.49. The summed E-state index contributed by atoms with van der Waals surface area (Å²) in [7, 11) is 0. The van der Waals surface area contributed by atoms with Crippen LogP contribution in [0.3, 0.4) is 0 Å². The van der Waals surface area contributed by atoms with Crippen molar-refractivity contribution in [2.24, 2.45) is 5.92 Å². The van der Waals surface area contributed by atoms with Gasteiger partial charge in [-0.05, 0) is 32.2 Å². The lowest BCUT2D eigenvalue weighted by molar-refractivity contribution is 0.733. The first-order chi connectivity index (χ1) is 7.83. The number of aromatic nitrogens is 1. The zero-order valence-electron chi connectivity index (χ0n) is 10.2. The van der Waals surface area contributed by atoms with Crippen molar-refractivity contribution in [1.82, 2.24) is 10.3 Å². The lowest BCUT2D eigenvalue weighted by Gasteiger charge is -2.19. The van der Waals surface area contributed by atoms with Crippen LogP contribution in [0.2, 0.25) is 0 Å². The fraction of sp³-hybridized carbons (Fsp3) is 0.750. The summed E-state index contributed by atoms with van der Waals surface area (Å²) in [6.07, 6.45) is 4.83. The van der Waals surface area contributed by atoms with Crippen molar-refractivity contribution in [1.29, 1.82) is 0 Å². The van der Waals surface area contributed by atoms with E-state index in [0.717, 1.165) is 25.6 Å². The number of thiazole rings is 1. The van der Waals surface area contributed by atoms with Gasteiger partial charge < -0.3 is 10.2 Å². The van der Waals surface area contributed by atoms with Crippen LogP contribution in [-0.2, 0) is 6.54 Å². The van der Waals surface area contributed by atoms with Crippen LogP contribution >= 0.6 is 11.3 Å². The normalized spacial score (nSPS) is 15.4. The van der Waals surface area contributed by atoms with E-state index in [0.29, 0.717) is 0 Å². The summed E-state index contributed by atoms with van der Waals surface area (Å²) >= 11 is 1.83. The van der Waals surface area contributed by atoms with Gasteiger partial charge >= 0.3 is 0 Å². The van der Waals surface area contributed by atoms with E-state index < -0.39 is 0 Å². The van der Waals surface area contributed by atoms with Crippen LogP contribution in [0, 0.1) is 5.92 Å². The lowest BCUT2D eigenvalue weighted by atomic mass is 10.4. The summed E-state index contributed by atoms with van der Waals surface area (Å²) in [6, 6.07) is 0. The summed E-state index contributed by atoms with van der Waals surface area (Å²) in [5, 5.41) is 4.54. The van der Waals surface area contributed by atoms with E-state index in [1.165, 1.54) is 29.4 Å². The van der Waals surface area contributed by atoms with Gasteiger partial charge in [0.1, 0.15) is 0 Å². The van der Waals surface area contributed by atoms with Gasteiger partial charge in [-0.1, -0.05) is 6.92 Å². The third-order valence-electron chi connectivity index (χ3n) is 2.92. The van der Waals surface area contributed by atoms with Gasteiger partial charge in [0, 0.05) is 30.7 Å². The molecule has 0 atom stereocenters. The molecule has 1 aromatic heterocycles. The molecule has 0 aromatic carbocycles. The number of nitrogens with zero attached hydrogens (tertiary/aromatic N) is 2. The van der Waals surface area contributed by atoms with Gasteiger partial charge in [-0.25, -0.2) is 4.98 Å². The molecule has 0 saturated heterocycles. The zero-order chi connectivity index (χ0) is 11.4. The zero-order valence-corrected chi connectivity index (χ0v) is 11.0. The first-order valence-electron chi connectivity index (χ1n) is 6.23. The standard InChI is InChI=1S/C12H21N3S/c1-3-13-7-11-8-14-12(16-11)15(4-2)9-10-5-6-10/h8,10,13H,3-7,9H2,1-2H3. The Labute approximate surface area is 102 Å². The predicted molar refractivity (Wildman–Crippen MR) is 70.1 cm³/mol. The average Bonchev–Trinajstić information content (AvgIpc) is 3.00. The highest BCUT2D eigenvalue weighted by Gasteiger charge is 2.24. The molecule has 90 valence electrons. The second kappa shape index (κ2) is 5.64. The van der Waals surface area contributed by atoms with Gasteiger partial charge in [0.15, 0.2) is 5.13 Å². The van der Waals surface area contributed by atoms with E-state index in [4.69, 9.17) is 0 Å². The van der Waals surface area contributed by atoms with Crippen molar-refractivity contribution in [2.75, 3.05) is 24.5 Å². The average molecular weight is 239 g/mol. The Morgan fingerprint density at radius 1 is 1.50 bits per heavy atom. The molecule has 0 unspecified atom stereocenters. The molecular weight excluding hydrogens is 218 g/mol. The van der Waals surface area contributed by atoms with Crippen LogP contribution in [-0.4, -0.2) is 24.6 Å². The molecule has 1 fully saturated rings. The molecule has 0 spiro atoms. The summed E-state index contributed by atoms with van der Waals surface area (Å²) in [5.74, 6) is 0.932. The van der Waals surface area contributed by atoms with Crippen LogP contribution < -0.4 is 10.2 Å². The Morgan fingerprint density at radius 2 is 2.31 bits per heavy atom. The SMILES string of the molecule is CCNCc1cnc(N(CC)CC2CC2)s1. The van der Waals surface area contributed by atoms with Crippen molar-refractivity contribution in [3.8, 4) is 0 Å². The minimum atomic E-state index is 0.932. The van der Waals surface area contributed by atoms with Crippen LogP contribution in [0.1, 0.15) is 31.6 Å². The molecule has 1 aliphatic rings. The van der Waals surface area contributed by atoms with Gasteiger partial charge in [-0.3, -0.25) is 0 Å². The van der Waals surface area contributed by atoms with Crippen molar-refractivity contribution < 1.29 is 0 Å². The van der Waals surface area contributed by atoms with Crippen LogP contribution in [0.4, 0.5) is 5.13 Å². The largest absolute Gasteiger partial charge is 0.348 e. The molecule has 3 nitrogen and oxygen atoms in total. The van der Waals surface area contributed by atoms with Gasteiger partial charge in [0.05, 0.1) is 0 Å². The highest BCUT2D eigenvalue weighted by molar-refractivity contribution is 7.15. The number of rotatable bonds is 7. The lowest BCUT2D eigenvalue weighted by Crippen LogP contribution is -2.24. The van der Waals surface area contributed by atoms with E-state index in [9.17, 15) is 0 Å². The van der Waals surface area contributed by atoms with E-state index >= 15 is 0 Å². The Balaban J connectivity index is 1.92. The van der Waals surface area contributed by atoms with Crippen molar-refractivity contribution in [2.45, 2.75) is 33.2 Å². The van der Waals surface area contributed by atoms with E-state index in [2.05, 4.69) is 29.0 Å². The molecule has 16 heavy (non-hydrogen) atoms. The van der Waals surface area contributed by atoms with Crippen LogP contribution in [0.5, 0.6) is 0 Å². The molecule has 2 rings (SSSR count). The van der Waals surface area contributed by atoms with Crippen molar-refractivity contribution >= 4 is 16.5 Å². The van der Waals surface area contributed by atoms with Crippen LogP contribution in [0.25, 0.3) is 0 Å². The maximum absolute atomic E-state index is 4.53. The van der Waals surface area contributed by atoms with Gasteiger partial charge in [0.2, 0.25) is 0 Å². The third-order valence-corrected chi connectivity index (χ3v) is 3.98. The first-order valence-corrected chi connectivity index (χ1v) is 7.05. The fourth-order valence-corrected chi connectivity index (χ4v) is 2.68. The minimum absolute atomic E-state index is 0.932. The number of nitrogens with one attached hydrogen (secondary N) is 1. The monoisotopic (exact) mass is 239 g/mol. The van der Waals surface area contributed by atoms with Gasteiger partial charge in [-0.2, -0.15) is 0 Å². The molecule has 4 heteroatoms. The van der Waals surface area contributed by atoms with E-state index in [-0.39, 0.29) is 0 Å². The molecule has 1 aliphatic carbocycles. The quantitative estimate of drug-likeness (QED) is 0.792. The van der Waals surface area contributed by atoms with Crippen molar-refractivity contribution in [3.63, 3.8) is 0 Å². The Bertz CT molecular complexity index is 320. The maximum Gasteiger partial charge on any atom is 0.185 e. The third kappa shape index (κ3) is 3.19. The Hall–Kier alpha value is -0.610.